The molecule has 0 aliphatic carbocycles. The molecule has 2 aromatic rings. The third kappa shape index (κ3) is 3.26. The Morgan fingerprint density at radius 3 is 2.96 bits per heavy atom. The molecule has 23 heavy (non-hydrogen) atoms. The summed E-state index contributed by atoms with van der Waals surface area (Å²) in [6.07, 6.45) is 2.97. The number of methoxy groups -OCH3 is 2. The molecule has 122 valence electrons. The van der Waals surface area contributed by atoms with Crippen LogP contribution in [0.15, 0.2) is 30.9 Å². The second kappa shape index (κ2) is 6.91. The molecular formula is C15H18N4O3S. The number of nitrogens with zero attached hydrogens (tertiary/aromatic N) is 4. The lowest BCUT2D eigenvalue weighted by molar-refractivity contribution is -0.132. The summed E-state index contributed by atoms with van der Waals surface area (Å²) in [5.41, 5.74) is 0.946. The molecule has 7 nitrogen and oxygen atoms in total. The Morgan fingerprint density at radius 1 is 1.39 bits per heavy atom. The molecule has 0 N–H and O–H groups in total. The number of ether oxygens (including phenoxy) is 2. The average Bonchev–Trinajstić information content (AvgIpc) is 3.25. The molecule has 3 rings (SSSR count). The topological polar surface area (TPSA) is 69.5 Å². The summed E-state index contributed by atoms with van der Waals surface area (Å²) in [4.78, 5) is 18.3. The third-order valence-electron chi connectivity index (χ3n) is 3.68. The van der Waals surface area contributed by atoms with Gasteiger partial charge in [0.05, 0.1) is 14.2 Å². The maximum Gasteiger partial charge on any atom is 0.245 e. The minimum atomic E-state index is -0.0870. The molecule has 0 bridgehead atoms. The monoisotopic (exact) mass is 334 g/mol. The van der Waals surface area contributed by atoms with E-state index in [2.05, 4.69) is 10.1 Å². The Morgan fingerprint density at radius 2 is 2.26 bits per heavy atom. The Balaban J connectivity index is 1.85. The van der Waals surface area contributed by atoms with Gasteiger partial charge in [0.2, 0.25) is 5.91 Å². The van der Waals surface area contributed by atoms with Crippen molar-refractivity contribution in [3.8, 4) is 11.5 Å². The zero-order valence-electron chi connectivity index (χ0n) is 13.0. The number of carbonyl (C=O) groups excluding carboxylic acids is 1. The SMILES string of the molecule is COc1ccc(OC)c(C2SCCN2C(=O)Cn2cncn2)c1. The number of carbonyl (C=O) groups is 1. The molecule has 0 spiro atoms. The predicted octanol–water partition coefficient (Wildman–Crippen LogP) is 1.57. The quantitative estimate of drug-likeness (QED) is 0.827. The highest BCUT2D eigenvalue weighted by molar-refractivity contribution is 7.99. The first-order valence-corrected chi connectivity index (χ1v) is 8.23. The first-order valence-electron chi connectivity index (χ1n) is 7.18. The van der Waals surface area contributed by atoms with Crippen LogP contribution in [0, 0.1) is 0 Å². The smallest absolute Gasteiger partial charge is 0.245 e. The van der Waals surface area contributed by atoms with E-state index in [4.69, 9.17) is 9.47 Å². The van der Waals surface area contributed by atoms with Gasteiger partial charge in [0.15, 0.2) is 0 Å². The summed E-state index contributed by atoms with van der Waals surface area (Å²) in [5.74, 6) is 2.39. The van der Waals surface area contributed by atoms with Crippen LogP contribution >= 0.6 is 11.8 Å². The molecule has 8 heteroatoms. The van der Waals surface area contributed by atoms with Crippen molar-refractivity contribution < 1.29 is 14.3 Å². The van der Waals surface area contributed by atoms with Gasteiger partial charge in [0, 0.05) is 17.9 Å². The summed E-state index contributed by atoms with van der Waals surface area (Å²) in [5, 5.41) is 3.91. The molecule has 1 aromatic heterocycles. The fourth-order valence-corrected chi connectivity index (χ4v) is 3.85. The summed E-state index contributed by atoms with van der Waals surface area (Å²) in [7, 11) is 3.26. The molecule has 1 aromatic carbocycles. The van der Waals surface area contributed by atoms with Gasteiger partial charge in [0.25, 0.3) is 0 Å². The molecule has 1 aliphatic rings. The van der Waals surface area contributed by atoms with E-state index in [1.807, 2.05) is 23.1 Å². The normalized spacial score (nSPS) is 17.3. The maximum absolute atomic E-state index is 12.6. The number of rotatable bonds is 5. The van der Waals surface area contributed by atoms with E-state index >= 15 is 0 Å². The van der Waals surface area contributed by atoms with E-state index in [0.717, 1.165) is 22.8 Å². The fourth-order valence-electron chi connectivity index (χ4n) is 2.56. The van der Waals surface area contributed by atoms with E-state index in [-0.39, 0.29) is 17.8 Å². The predicted molar refractivity (Wildman–Crippen MR) is 86.5 cm³/mol. The van der Waals surface area contributed by atoms with E-state index < -0.39 is 0 Å². The molecule has 1 unspecified atom stereocenters. The Hall–Kier alpha value is -2.22. The van der Waals surface area contributed by atoms with Gasteiger partial charge in [-0.1, -0.05) is 0 Å². The van der Waals surface area contributed by atoms with Crippen LogP contribution < -0.4 is 9.47 Å². The lowest BCUT2D eigenvalue weighted by atomic mass is 10.1. The van der Waals surface area contributed by atoms with Gasteiger partial charge < -0.3 is 14.4 Å². The molecule has 1 aliphatic heterocycles. The van der Waals surface area contributed by atoms with Gasteiger partial charge in [-0.2, -0.15) is 5.10 Å². The molecule has 1 amide bonds. The lowest BCUT2D eigenvalue weighted by Crippen LogP contribution is -2.33. The first-order chi connectivity index (χ1) is 11.2. The van der Waals surface area contributed by atoms with Crippen molar-refractivity contribution in [2.24, 2.45) is 0 Å². The third-order valence-corrected chi connectivity index (χ3v) is 4.92. The summed E-state index contributed by atoms with van der Waals surface area (Å²) in [6.45, 7) is 0.882. The van der Waals surface area contributed by atoms with E-state index in [0.29, 0.717) is 6.54 Å². The molecule has 1 atom stereocenters. The van der Waals surface area contributed by atoms with Crippen LogP contribution in [0.1, 0.15) is 10.9 Å². The Labute approximate surface area is 138 Å². The average molecular weight is 334 g/mol. The highest BCUT2D eigenvalue weighted by atomic mass is 32.2. The zero-order valence-corrected chi connectivity index (χ0v) is 13.8. The van der Waals surface area contributed by atoms with Crippen LogP contribution in [0.5, 0.6) is 11.5 Å². The molecule has 1 saturated heterocycles. The van der Waals surface area contributed by atoms with Crippen molar-refractivity contribution in [2.45, 2.75) is 11.9 Å². The molecule has 2 heterocycles. The number of aromatic nitrogens is 3. The molecule has 1 fully saturated rings. The van der Waals surface area contributed by atoms with Gasteiger partial charge in [-0.3, -0.25) is 4.79 Å². The number of thioether (sulfide) groups is 1. The molecular weight excluding hydrogens is 316 g/mol. The van der Waals surface area contributed by atoms with Crippen LogP contribution in [0.25, 0.3) is 0 Å². The Kier molecular flexibility index (Phi) is 4.71. The Bertz CT molecular complexity index is 677. The van der Waals surface area contributed by atoms with Gasteiger partial charge in [-0.15, -0.1) is 11.8 Å². The first kappa shape index (κ1) is 15.7. The summed E-state index contributed by atoms with van der Waals surface area (Å²) < 4.78 is 12.3. The number of benzene rings is 1. The van der Waals surface area contributed by atoms with Crippen LogP contribution in [0.2, 0.25) is 0 Å². The summed E-state index contributed by atoms with van der Waals surface area (Å²) >= 11 is 1.72. The van der Waals surface area contributed by atoms with Gasteiger partial charge in [0.1, 0.15) is 36.1 Å². The van der Waals surface area contributed by atoms with Crippen molar-refractivity contribution in [2.75, 3.05) is 26.5 Å². The van der Waals surface area contributed by atoms with Gasteiger partial charge in [-0.25, -0.2) is 9.67 Å². The van der Waals surface area contributed by atoms with Crippen molar-refractivity contribution in [1.29, 1.82) is 0 Å². The van der Waals surface area contributed by atoms with E-state index in [9.17, 15) is 4.79 Å². The number of amides is 1. The van der Waals surface area contributed by atoms with Crippen molar-refractivity contribution in [3.05, 3.63) is 36.4 Å². The highest BCUT2D eigenvalue weighted by Gasteiger charge is 2.33. The zero-order chi connectivity index (χ0) is 16.2. The van der Waals surface area contributed by atoms with Crippen LogP contribution in [-0.2, 0) is 11.3 Å². The molecule has 0 saturated carbocycles. The van der Waals surface area contributed by atoms with Crippen LogP contribution in [0.4, 0.5) is 0 Å². The standard InChI is InChI=1S/C15H18N4O3S/c1-21-11-3-4-13(22-2)12(7-11)15-19(5-6-23-15)14(20)8-18-10-16-9-17-18/h3-4,7,9-10,15H,5-6,8H2,1-2H3. The van der Waals surface area contributed by atoms with Gasteiger partial charge in [-0.05, 0) is 18.2 Å². The lowest BCUT2D eigenvalue weighted by Gasteiger charge is -2.25. The highest BCUT2D eigenvalue weighted by Crippen LogP contribution is 2.43. The second-order valence-electron chi connectivity index (χ2n) is 5.01. The second-order valence-corrected chi connectivity index (χ2v) is 6.20. The largest absolute Gasteiger partial charge is 0.497 e. The minimum Gasteiger partial charge on any atom is -0.497 e. The van der Waals surface area contributed by atoms with Crippen molar-refractivity contribution in [3.63, 3.8) is 0 Å². The van der Waals surface area contributed by atoms with Crippen LogP contribution in [-0.4, -0.2) is 52.1 Å². The van der Waals surface area contributed by atoms with E-state index in [1.54, 1.807) is 32.3 Å². The van der Waals surface area contributed by atoms with Crippen molar-refractivity contribution >= 4 is 17.7 Å². The fraction of sp³-hybridized carbons (Fsp3) is 0.400. The van der Waals surface area contributed by atoms with Crippen LogP contribution in [0.3, 0.4) is 0 Å². The number of hydrogen-bond acceptors (Lipinski definition) is 6. The maximum atomic E-state index is 12.6. The molecule has 0 radical (unpaired) electrons. The van der Waals surface area contributed by atoms with Crippen molar-refractivity contribution in [1.82, 2.24) is 19.7 Å². The summed E-state index contributed by atoms with van der Waals surface area (Å²) in [6, 6.07) is 5.65. The minimum absolute atomic E-state index is 0.00960. The number of hydrogen-bond donors (Lipinski definition) is 0. The van der Waals surface area contributed by atoms with Gasteiger partial charge >= 0.3 is 0 Å². The van der Waals surface area contributed by atoms with E-state index in [1.165, 1.54) is 11.0 Å².